The number of hydrogen-bond donors (Lipinski definition) is 2. The van der Waals surface area contributed by atoms with Gasteiger partial charge in [0.25, 0.3) is 0 Å². The minimum Gasteiger partial charge on any atom is -0.450 e. The standard InChI is InChI=1S/C22H29N3O3S/c1-3-28-22(27)25-12-10-18(11-13-25)24-20(26)15-23-21(19-5-4-14-29-19)17-8-6-16(2)7-9-17/h4-9,14,18,21,23H,3,10-13,15H2,1-2H3,(H,24,26)/t21-/m0/s1. The van der Waals surface area contributed by atoms with Crippen LogP contribution in [0, 0.1) is 6.92 Å². The second-order valence-corrected chi connectivity index (χ2v) is 8.25. The van der Waals surface area contributed by atoms with Gasteiger partial charge >= 0.3 is 6.09 Å². The summed E-state index contributed by atoms with van der Waals surface area (Å²) in [6.45, 7) is 5.72. The van der Waals surface area contributed by atoms with Gasteiger partial charge in [-0.15, -0.1) is 11.3 Å². The first-order valence-corrected chi connectivity index (χ1v) is 11.0. The first-order valence-electron chi connectivity index (χ1n) is 10.1. The molecular formula is C22H29N3O3S. The maximum Gasteiger partial charge on any atom is 0.409 e. The number of thiophene rings is 1. The van der Waals surface area contributed by atoms with Crippen LogP contribution in [0.2, 0.25) is 0 Å². The maximum absolute atomic E-state index is 12.5. The Balaban J connectivity index is 1.51. The van der Waals surface area contributed by atoms with E-state index >= 15 is 0 Å². The summed E-state index contributed by atoms with van der Waals surface area (Å²) in [6.07, 6.45) is 1.23. The average molecular weight is 416 g/mol. The zero-order valence-electron chi connectivity index (χ0n) is 17.0. The molecule has 0 radical (unpaired) electrons. The van der Waals surface area contributed by atoms with Gasteiger partial charge in [0.1, 0.15) is 0 Å². The Kier molecular flexibility index (Phi) is 7.66. The lowest BCUT2D eigenvalue weighted by molar-refractivity contribution is -0.121. The summed E-state index contributed by atoms with van der Waals surface area (Å²) in [5.74, 6) is -0.0201. The van der Waals surface area contributed by atoms with Crippen molar-refractivity contribution in [2.24, 2.45) is 0 Å². The van der Waals surface area contributed by atoms with Crippen LogP contribution in [0.1, 0.15) is 41.8 Å². The average Bonchev–Trinajstić information content (AvgIpc) is 3.25. The smallest absolute Gasteiger partial charge is 0.409 e. The highest BCUT2D eigenvalue weighted by molar-refractivity contribution is 7.10. The third-order valence-electron chi connectivity index (χ3n) is 5.09. The van der Waals surface area contributed by atoms with Crippen LogP contribution in [0.4, 0.5) is 4.79 Å². The molecule has 1 aliphatic rings. The molecule has 29 heavy (non-hydrogen) atoms. The molecule has 0 saturated carbocycles. The van der Waals surface area contributed by atoms with E-state index in [1.807, 2.05) is 6.07 Å². The number of amides is 2. The van der Waals surface area contributed by atoms with Gasteiger partial charge in [-0.05, 0) is 43.7 Å². The van der Waals surface area contributed by atoms with Crippen molar-refractivity contribution in [2.75, 3.05) is 26.2 Å². The van der Waals surface area contributed by atoms with Crippen molar-refractivity contribution in [3.8, 4) is 0 Å². The van der Waals surface area contributed by atoms with Gasteiger partial charge in [0.05, 0.1) is 19.2 Å². The molecule has 6 nitrogen and oxygen atoms in total. The molecule has 1 atom stereocenters. The van der Waals surface area contributed by atoms with Gasteiger partial charge in [0.2, 0.25) is 5.91 Å². The van der Waals surface area contributed by atoms with Crippen LogP contribution < -0.4 is 10.6 Å². The van der Waals surface area contributed by atoms with E-state index in [-0.39, 0.29) is 30.6 Å². The summed E-state index contributed by atoms with van der Waals surface area (Å²) >= 11 is 1.68. The summed E-state index contributed by atoms with van der Waals surface area (Å²) < 4.78 is 5.04. The third-order valence-corrected chi connectivity index (χ3v) is 6.03. The number of aryl methyl sites for hydroxylation is 1. The van der Waals surface area contributed by atoms with Crippen LogP contribution in [0.15, 0.2) is 41.8 Å². The molecule has 156 valence electrons. The van der Waals surface area contributed by atoms with Gasteiger partial charge in [-0.25, -0.2) is 4.79 Å². The Morgan fingerprint density at radius 3 is 2.55 bits per heavy atom. The third kappa shape index (κ3) is 6.05. The number of benzene rings is 1. The first-order chi connectivity index (χ1) is 14.1. The lowest BCUT2D eigenvalue weighted by Gasteiger charge is -2.31. The molecule has 0 bridgehead atoms. The van der Waals surface area contributed by atoms with E-state index in [9.17, 15) is 9.59 Å². The molecule has 3 rings (SSSR count). The lowest BCUT2D eigenvalue weighted by atomic mass is 10.0. The Labute approximate surface area is 176 Å². The molecule has 0 spiro atoms. The predicted molar refractivity (Wildman–Crippen MR) is 115 cm³/mol. The van der Waals surface area contributed by atoms with Gasteiger partial charge < -0.3 is 15.0 Å². The molecule has 2 N–H and O–H groups in total. The van der Waals surface area contributed by atoms with Crippen LogP contribution >= 0.6 is 11.3 Å². The second-order valence-electron chi connectivity index (χ2n) is 7.27. The molecule has 0 aliphatic carbocycles. The number of ether oxygens (including phenoxy) is 1. The molecule has 2 amide bonds. The topological polar surface area (TPSA) is 70.7 Å². The van der Waals surface area contributed by atoms with Gasteiger partial charge in [-0.1, -0.05) is 35.9 Å². The fraction of sp³-hybridized carbons (Fsp3) is 0.455. The van der Waals surface area contributed by atoms with Gasteiger partial charge in [-0.2, -0.15) is 0 Å². The highest BCUT2D eigenvalue weighted by Gasteiger charge is 2.25. The van der Waals surface area contributed by atoms with E-state index in [4.69, 9.17) is 4.74 Å². The van der Waals surface area contributed by atoms with Crippen LogP contribution in [0.25, 0.3) is 0 Å². The van der Waals surface area contributed by atoms with Crippen molar-refractivity contribution in [1.82, 2.24) is 15.5 Å². The van der Waals surface area contributed by atoms with Gasteiger partial charge in [-0.3, -0.25) is 10.1 Å². The monoisotopic (exact) mass is 415 g/mol. The second kappa shape index (κ2) is 10.4. The molecule has 2 aromatic rings. The summed E-state index contributed by atoms with van der Waals surface area (Å²) in [5.41, 5.74) is 2.36. The highest BCUT2D eigenvalue weighted by Crippen LogP contribution is 2.26. The van der Waals surface area contributed by atoms with Crippen molar-refractivity contribution in [2.45, 2.75) is 38.8 Å². The number of carbonyl (C=O) groups excluding carboxylic acids is 2. The molecule has 7 heteroatoms. The minimum absolute atomic E-state index is 0.00740. The number of piperidine rings is 1. The lowest BCUT2D eigenvalue weighted by Crippen LogP contribution is -2.48. The first kappa shape index (κ1) is 21.3. The molecule has 2 heterocycles. The van der Waals surface area contributed by atoms with E-state index in [0.717, 1.165) is 18.4 Å². The number of nitrogens with zero attached hydrogens (tertiary/aromatic N) is 1. The Morgan fingerprint density at radius 2 is 1.93 bits per heavy atom. The summed E-state index contributed by atoms with van der Waals surface area (Å²) in [6, 6.07) is 12.6. The quantitative estimate of drug-likeness (QED) is 0.726. The summed E-state index contributed by atoms with van der Waals surface area (Å²) in [4.78, 5) is 27.2. The van der Waals surface area contributed by atoms with Gasteiger partial charge in [0.15, 0.2) is 0 Å². The number of carbonyl (C=O) groups is 2. The molecular weight excluding hydrogens is 386 g/mol. The van der Waals surface area contributed by atoms with Crippen LogP contribution in [-0.2, 0) is 9.53 Å². The van der Waals surface area contributed by atoms with Crippen LogP contribution in [-0.4, -0.2) is 49.2 Å². The van der Waals surface area contributed by atoms with Crippen molar-refractivity contribution in [1.29, 1.82) is 0 Å². The van der Waals surface area contributed by atoms with E-state index in [2.05, 4.69) is 53.3 Å². The Bertz CT molecular complexity index is 784. The fourth-order valence-electron chi connectivity index (χ4n) is 3.49. The number of rotatable bonds is 7. The molecule has 1 saturated heterocycles. The Morgan fingerprint density at radius 1 is 1.21 bits per heavy atom. The molecule has 1 aromatic carbocycles. The molecule has 1 aromatic heterocycles. The van der Waals surface area contributed by atoms with Crippen LogP contribution in [0.5, 0.6) is 0 Å². The van der Waals surface area contributed by atoms with E-state index in [0.29, 0.717) is 19.7 Å². The molecule has 1 aliphatic heterocycles. The fourth-order valence-corrected chi connectivity index (χ4v) is 4.32. The van der Waals surface area contributed by atoms with E-state index in [1.165, 1.54) is 10.4 Å². The van der Waals surface area contributed by atoms with Crippen molar-refractivity contribution >= 4 is 23.3 Å². The highest BCUT2D eigenvalue weighted by atomic mass is 32.1. The zero-order chi connectivity index (χ0) is 20.6. The number of nitrogens with one attached hydrogen (secondary N) is 2. The van der Waals surface area contributed by atoms with Crippen molar-refractivity contribution in [3.63, 3.8) is 0 Å². The van der Waals surface area contributed by atoms with E-state index in [1.54, 1.807) is 23.2 Å². The van der Waals surface area contributed by atoms with E-state index < -0.39 is 0 Å². The largest absolute Gasteiger partial charge is 0.450 e. The van der Waals surface area contributed by atoms with Crippen molar-refractivity contribution in [3.05, 3.63) is 57.8 Å². The molecule has 0 unspecified atom stereocenters. The maximum atomic E-state index is 12.5. The predicted octanol–water partition coefficient (Wildman–Crippen LogP) is 3.47. The summed E-state index contributed by atoms with van der Waals surface area (Å²) in [5, 5.41) is 8.55. The Hall–Kier alpha value is -2.38. The molecule has 1 fully saturated rings. The van der Waals surface area contributed by atoms with Crippen LogP contribution in [0.3, 0.4) is 0 Å². The zero-order valence-corrected chi connectivity index (χ0v) is 17.8. The number of hydrogen-bond acceptors (Lipinski definition) is 5. The SMILES string of the molecule is CCOC(=O)N1CCC(NC(=O)CN[C@@H](c2ccc(C)cc2)c2cccs2)CC1. The normalized spacial score (nSPS) is 15.7. The van der Waals surface area contributed by atoms with Gasteiger partial charge in [0, 0.05) is 24.0 Å². The number of likely N-dealkylation sites (tertiary alicyclic amines) is 1. The van der Waals surface area contributed by atoms with Crippen molar-refractivity contribution < 1.29 is 14.3 Å². The summed E-state index contributed by atoms with van der Waals surface area (Å²) in [7, 11) is 0. The minimum atomic E-state index is -0.268.